The number of nitrogens with zero attached hydrogens (tertiary/aromatic N) is 1. The molecule has 0 aromatic carbocycles. The fourth-order valence-electron chi connectivity index (χ4n) is 3.75. The van der Waals surface area contributed by atoms with Crippen LogP contribution in [0.15, 0.2) is 0 Å². The minimum absolute atomic E-state index is 0.408. The fourth-order valence-corrected chi connectivity index (χ4v) is 3.75. The molecule has 100 valence electrons. The zero-order chi connectivity index (χ0) is 12.5. The Morgan fingerprint density at radius 3 is 2.65 bits per heavy atom. The number of nitrogens with one attached hydrogen (secondary N) is 1. The second-order valence-electron chi connectivity index (χ2n) is 6.40. The summed E-state index contributed by atoms with van der Waals surface area (Å²) >= 11 is 0. The largest absolute Gasteiger partial charge is 0.380 e. The van der Waals surface area contributed by atoms with E-state index in [9.17, 15) is 0 Å². The normalized spacial score (nSPS) is 37.6. The number of hydrogen-bond acceptors (Lipinski definition) is 3. The van der Waals surface area contributed by atoms with Gasteiger partial charge in [-0.15, -0.1) is 0 Å². The molecule has 1 heterocycles. The Kier molecular flexibility index (Phi) is 4.11. The maximum atomic E-state index is 5.53. The van der Waals surface area contributed by atoms with Gasteiger partial charge < -0.3 is 10.1 Å². The number of ether oxygens (including phenoxy) is 1. The summed E-state index contributed by atoms with van der Waals surface area (Å²) in [6, 6.07) is 1.89. The van der Waals surface area contributed by atoms with Crippen molar-refractivity contribution in [2.45, 2.75) is 57.7 Å². The molecule has 1 aliphatic carbocycles. The third kappa shape index (κ3) is 2.67. The van der Waals surface area contributed by atoms with E-state index in [0.29, 0.717) is 23.5 Å². The van der Waals surface area contributed by atoms with Crippen LogP contribution in [-0.2, 0) is 4.74 Å². The Morgan fingerprint density at radius 2 is 2.06 bits per heavy atom. The van der Waals surface area contributed by atoms with Gasteiger partial charge in [-0.25, -0.2) is 0 Å². The highest BCUT2D eigenvalue weighted by molar-refractivity contribution is 4.98. The molecule has 3 heteroatoms. The third-order valence-corrected chi connectivity index (χ3v) is 4.86. The van der Waals surface area contributed by atoms with Crippen LogP contribution < -0.4 is 5.32 Å². The van der Waals surface area contributed by atoms with Crippen molar-refractivity contribution >= 4 is 0 Å². The summed E-state index contributed by atoms with van der Waals surface area (Å²) in [6.45, 7) is 6.66. The molecule has 1 N–H and O–H groups in total. The van der Waals surface area contributed by atoms with Gasteiger partial charge in [0, 0.05) is 24.7 Å². The maximum Gasteiger partial charge on any atom is 0.0622 e. The lowest BCUT2D eigenvalue weighted by Crippen LogP contribution is -2.59. The highest BCUT2D eigenvalue weighted by Gasteiger charge is 2.41. The first-order valence-corrected chi connectivity index (χ1v) is 7.03. The Morgan fingerprint density at radius 1 is 1.29 bits per heavy atom. The molecule has 0 bridgehead atoms. The van der Waals surface area contributed by atoms with Crippen LogP contribution in [0.1, 0.15) is 39.5 Å². The van der Waals surface area contributed by atoms with Gasteiger partial charge in [0.05, 0.1) is 6.61 Å². The van der Waals surface area contributed by atoms with E-state index in [2.05, 4.69) is 38.2 Å². The molecule has 1 saturated heterocycles. The molecular formula is C14H28N2O. The summed E-state index contributed by atoms with van der Waals surface area (Å²) in [5.74, 6) is 0. The topological polar surface area (TPSA) is 24.5 Å². The van der Waals surface area contributed by atoms with Gasteiger partial charge in [-0.05, 0) is 38.8 Å². The number of hydrogen-bond donors (Lipinski definition) is 1. The lowest BCUT2D eigenvalue weighted by Gasteiger charge is -2.48. The molecule has 0 spiro atoms. The van der Waals surface area contributed by atoms with Crippen LogP contribution in [0.4, 0.5) is 0 Å². The van der Waals surface area contributed by atoms with E-state index in [1.165, 1.54) is 25.7 Å². The molecule has 0 aromatic rings. The Bertz CT molecular complexity index is 249. The molecule has 1 aliphatic heterocycles. The van der Waals surface area contributed by atoms with Crippen LogP contribution >= 0.6 is 0 Å². The summed E-state index contributed by atoms with van der Waals surface area (Å²) in [4.78, 5) is 2.58. The molecular weight excluding hydrogens is 212 g/mol. The van der Waals surface area contributed by atoms with Crippen LogP contribution in [0.25, 0.3) is 0 Å². The first-order valence-electron chi connectivity index (χ1n) is 7.03. The third-order valence-electron chi connectivity index (χ3n) is 4.86. The predicted molar refractivity (Wildman–Crippen MR) is 71.3 cm³/mol. The van der Waals surface area contributed by atoms with E-state index in [1.54, 1.807) is 0 Å². The minimum Gasteiger partial charge on any atom is -0.380 e. The summed E-state index contributed by atoms with van der Waals surface area (Å²) < 4.78 is 5.53. The van der Waals surface area contributed by atoms with Crippen molar-refractivity contribution in [2.24, 2.45) is 5.41 Å². The van der Waals surface area contributed by atoms with Crippen LogP contribution in [0.2, 0.25) is 0 Å². The standard InChI is InChI=1S/C14H28N2O/c1-14(2)8-5-6-12(13(14)15-3)16(4)11-7-9-17-10-11/h11-13,15H,5-10H2,1-4H3. The van der Waals surface area contributed by atoms with E-state index >= 15 is 0 Å². The predicted octanol–water partition coefficient (Wildman–Crippen LogP) is 1.87. The second-order valence-corrected chi connectivity index (χ2v) is 6.40. The molecule has 0 aromatic heterocycles. The Balaban J connectivity index is 2.06. The molecule has 2 aliphatic rings. The first kappa shape index (κ1) is 13.3. The van der Waals surface area contributed by atoms with Crippen LogP contribution in [0, 0.1) is 5.41 Å². The zero-order valence-electron chi connectivity index (χ0n) is 11.8. The molecule has 0 radical (unpaired) electrons. The zero-order valence-corrected chi connectivity index (χ0v) is 11.8. The lowest BCUT2D eigenvalue weighted by molar-refractivity contribution is 0.0391. The van der Waals surface area contributed by atoms with Crippen molar-refractivity contribution in [3.05, 3.63) is 0 Å². The minimum atomic E-state index is 0.408. The molecule has 3 nitrogen and oxygen atoms in total. The monoisotopic (exact) mass is 240 g/mol. The molecule has 3 atom stereocenters. The van der Waals surface area contributed by atoms with Crippen molar-refractivity contribution in [3.63, 3.8) is 0 Å². The summed E-state index contributed by atoms with van der Waals surface area (Å²) in [6.07, 6.45) is 5.21. The van der Waals surface area contributed by atoms with Crippen molar-refractivity contribution in [2.75, 3.05) is 27.3 Å². The first-order chi connectivity index (χ1) is 8.06. The second kappa shape index (κ2) is 5.25. The van der Waals surface area contributed by atoms with Gasteiger partial charge in [0.25, 0.3) is 0 Å². The van der Waals surface area contributed by atoms with Gasteiger partial charge in [0.2, 0.25) is 0 Å². The van der Waals surface area contributed by atoms with E-state index in [1.807, 2.05) is 0 Å². The molecule has 3 unspecified atom stereocenters. The van der Waals surface area contributed by atoms with E-state index in [-0.39, 0.29) is 0 Å². The van der Waals surface area contributed by atoms with Crippen LogP contribution in [0.3, 0.4) is 0 Å². The van der Waals surface area contributed by atoms with Crippen molar-refractivity contribution in [3.8, 4) is 0 Å². The van der Waals surface area contributed by atoms with E-state index < -0.39 is 0 Å². The summed E-state index contributed by atoms with van der Waals surface area (Å²) in [7, 11) is 4.40. The highest BCUT2D eigenvalue weighted by Crippen LogP contribution is 2.38. The highest BCUT2D eigenvalue weighted by atomic mass is 16.5. The molecule has 2 rings (SSSR count). The van der Waals surface area contributed by atoms with Gasteiger partial charge >= 0.3 is 0 Å². The van der Waals surface area contributed by atoms with Crippen molar-refractivity contribution in [1.29, 1.82) is 0 Å². The average Bonchev–Trinajstić information content (AvgIpc) is 2.80. The number of likely N-dealkylation sites (N-methyl/N-ethyl adjacent to an activating group) is 2. The molecule has 17 heavy (non-hydrogen) atoms. The van der Waals surface area contributed by atoms with E-state index in [0.717, 1.165) is 13.2 Å². The molecule has 1 saturated carbocycles. The average molecular weight is 240 g/mol. The number of rotatable bonds is 3. The van der Waals surface area contributed by atoms with Gasteiger partial charge in [-0.3, -0.25) is 4.90 Å². The summed E-state index contributed by atoms with van der Waals surface area (Å²) in [5, 5.41) is 3.57. The Labute approximate surface area is 106 Å². The lowest BCUT2D eigenvalue weighted by atomic mass is 9.70. The van der Waals surface area contributed by atoms with E-state index in [4.69, 9.17) is 4.74 Å². The van der Waals surface area contributed by atoms with Crippen molar-refractivity contribution < 1.29 is 4.74 Å². The molecule has 2 fully saturated rings. The van der Waals surface area contributed by atoms with Gasteiger partial charge in [0.15, 0.2) is 0 Å². The smallest absolute Gasteiger partial charge is 0.0622 e. The Hall–Kier alpha value is -0.120. The SMILES string of the molecule is CNC1C(N(C)C2CCOC2)CCCC1(C)C. The van der Waals surface area contributed by atoms with Crippen LogP contribution in [-0.4, -0.2) is 50.3 Å². The van der Waals surface area contributed by atoms with Crippen LogP contribution in [0.5, 0.6) is 0 Å². The molecule has 0 amide bonds. The van der Waals surface area contributed by atoms with Crippen molar-refractivity contribution in [1.82, 2.24) is 10.2 Å². The van der Waals surface area contributed by atoms with Gasteiger partial charge in [-0.1, -0.05) is 20.3 Å². The van der Waals surface area contributed by atoms with Gasteiger partial charge in [-0.2, -0.15) is 0 Å². The van der Waals surface area contributed by atoms with Gasteiger partial charge in [0.1, 0.15) is 0 Å². The fraction of sp³-hybridized carbons (Fsp3) is 1.00. The maximum absolute atomic E-state index is 5.53. The quantitative estimate of drug-likeness (QED) is 0.815. The summed E-state index contributed by atoms with van der Waals surface area (Å²) in [5.41, 5.74) is 0.408.